The van der Waals surface area contributed by atoms with E-state index in [0.29, 0.717) is 46.6 Å². The van der Waals surface area contributed by atoms with Crippen LogP contribution in [0.4, 0.5) is 0 Å². The topological polar surface area (TPSA) is 127 Å². The van der Waals surface area contributed by atoms with Crippen molar-refractivity contribution in [2.75, 3.05) is 32.6 Å². The molecule has 278 valence electrons. The van der Waals surface area contributed by atoms with Crippen LogP contribution in [0.3, 0.4) is 0 Å². The van der Waals surface area contributed by atoms with Crippen LogP contribution in [0.15, 0.2) is 136 Å². The lowest BCUT2D eigenvalue weighted by molar-refractivity contribution is 0.1000. The lowest BCUT2D eigenvalue weighted by atomic mass is 10.0. The molecule has 5 aromatic carbocycles. The molecule has 0 N–H and O–H groups in total. The maximum absolute atomic E-state index is 13.5. The highest BCUT2D eigenvalue weighted by Crippen LogP contribution is 2.39. The number of rotatable bonds is 9. The zero-order chi connectivity index (χ0) is 38.8. The Morgan fingerprint density at radius 3 is 1.61 bits per heavy atom. The number of nitrogens with zero attached hydrogens (tertiary/aromatic N) is 2. The van der Waals surface area contributed by atoms with Crippen molar-refractivity contribution in [2.45, 2.75) is 23.6 Å². The first-order chi connectivity index (χ1) is 25.8. The van der Waals surface area contributed by atoms with Crippen molar-refractivity contribution in [3.05, 3.63) is 154 Å². The molecule has 0 aliphatic carbocycles. The quantitative estimate of drug-likeness (QED) is 0.110. The smallest absolute Gasteiger partial charge is 0.265 e. The van der Waals surface area contributed by atoms with Crippen molar-refractivity contribution in [1.29, 1.82) is 0 Å². The summed E-state index contributed by atoms with van der Waals surface area (Å²) in [6.07, 6.45) is 0. The minimum absolute atomic E-state index is 0.0138. The minimum Gasteiger partial charge on any atom is -0.491 e. The highest BCUT2D eigenvalue weighted by molar-refractivity contribution is 9.09. The number of fused-ring (bicyclic) bond motifs is 3. The van der Waals surface area contributed by atoms with Crippen LogP contribution in [-0.4, -0.2) is 69.7 Å². The Morgan fingerprint density at radius 2 is 1.07 bits per heavy atom. The van der Waals surface area contributed by atoms with Crippen molar-refractivity contribution in [3.63, 3.8) is 0 Å². The Labute approximate surface area is 323 Å². The van der Waals surface area contributed by atoms with Gasteiger partial charge in [-0.1, -0.05) is 106 Å². The molecule has 0 unspecified atom stereocenters. The van der Waals surface area contributed by atoms with Crippen LogP contribution in [0.5, 0.6) is 0 Å². The van der Waals surface area contributed by atoms with Gasteiger partial charge in [0.25, 0.3) is 20.0 Å². The van der Waals surface area contributed by atoms with Gasteiger partial charge in [-0.25, -0.2) is 16.8 Å². The number of carbonyl (C=O) groups excluding carboxylic acids is 2. The minimum atomic E-state index is -3.86. The Hall–Kier alpha value is -5.24. The van der Waals surface area contributed by atoms with E-state index in [1.54, 1.807) is 67.6 Å². The number of halogens is 1. The highest BCUT2D eigenvalue weighted by Gasteiger charge is 2.40. The van der Waals surface area contributed by atoms with Crippen molar-refractivity contribution in [2.24, 2.45) is 0 Å². The van der Waals surface area contributed by atoms with E-state index in [0.717, 1.165) is 24.9 Å². The number of alkyl halides is 1. The van der Waals surface area contributed by atoms with Gasteiger partial charge in [0.2, 0.25) is 11.6 Å². The number of aryl methyl sites for hydroxylation is 1. The van der Waals surface area contributed by atoms with Gasteiger partial charge in [0.1, 0.15) is 11.4 Å². The molecule has 7 rings (SSSR count). The molecule has 5 aromatic rings. The third-order valence-corrected chi connectivity index (χ3v) is 12.9. The third-order valence-electron chi connectivity index (χ3n) is 8.97. The summed E-state index contributed by atoms with van der Waals surface area (Å²) in [5.74, 6) is -0.221. The molecular formula is C41H37BrN2O8S2. The van der Waals surface area contributed by atoms with Gasteiger partial charge < -0.3 is 9.47 Å². The van der Waals surface area contributed by atoms with E-state index < -0.39 is 25.8 Å². The average molecular weight is 830 g/mol. The van der Waals surface area contributed by atoms with E-state index in [9.17, 15) is 26.4 Å². The van der Waals surface area contributed by atoms with E-state index in [2.05, 4.69) is 15.9 Å². The SMILES string of the molecule is CCOC1=C(C(=O)c2ccc(C)cc2)N(C)S(=O)(=O)c2ccccc21.CN1C(C(=O)c2ccc3ccccc3c2)=C(OCCBr)c2ccccc2S1(=O)=O. The number of hydrogen-bond donors (Lipinski definition) is 0. The number of allylic oxidation sites excluding steroid dienone is 2. The summed E-state index contributed by atoms with van der Waals surface area (Å²) >= 11 is 3.32. The second kappa shape index (κ2) is 15.6. The van der Waals surface area contributed by atoms with Gasteiger partial charge in [-0.05, 0) is 55.0 Å². The number of sulfonamides is 2. The van der Waals surface area contributed by atoms with Crippen LogP contribution in [0.1, 0.15) is 44.3 Å². The van der Waals surface area contributed by atoms with Gasteiger partial charge in [-0.15, -0.1) is 0 Å². The van der Waals surface area contributed by atoms with Crippen molar-refractivity contribution in [3.8, 4) is 0 Å². The monoisotopic (exact) mass is 828 g/mol. The molecule has 54 heavy (non-hydrogen) atoms. The number of likely N-dealkylation sites (N-methyl/N-ethyl adjacent to an activating group) is 2. The lowest BCUT2D eigenvalue weighted by Crippen LogP contribution is -2.35. The second-order valence-electron chi connectivity index (χ2n) is 12.3. The van der Waals surface area contributed by atoms with E-state index >= 15 is 0 Å². The summed E-state index contributed by atoms with van der Waals surface area (Å²) in [5, 5.41) is 2.46. The predicted octanol–water partition coefficient (Wildman–Crippen LogP) is 7.65. The fourth-order valence-corrected chi connectivity index (χ4v) is 9.16. The maximum Gasteiger partial charge on any atom is 0.265 e. The van der Waals surface area contributed by atoms with Gasteiger partial charge in [0.15, 0.2) is 11.5 Å². The summed E-state index contributed by atoms with van der Waals surface area (Å²) in [6.45, 7) is 4.34. The number of ketones is 2. The molecule has 0 saturated heterocycles. The molecule has 13 heteroatoms. The Bertz CT molecular complexity index is 2570. The summed E-state index contributed by atoms with van der Waals surface area (Å²) in [6, 6.07) is 33.2. The first-order valence-corrected chi connectivity index (χ1v) is 20.9. The summed E-state index contributed by atoms with van der Waals surface area (Å²) in [4.78, 5) is 26.8. The number of Topliss-reactive ketones (excluding diaryl/α,β-unsaturated/α-hetero) is 2. The molecule has 2 aliphatic heterocycles. The fourth-order valence-electron chi connectivity index (χ4n) is 6.21. The third kappa shape index (κ3) is 7.06. The normalized spacial score (nSPS) is 15.5. The second-order valence-corrected chi connectivity index (χ2v) is 17.0. The van der Waals surface area contributed by atoms with E-state index in [1.165, 1.54) is 26.2 Å². The fraction of sp³-hybridized carbons (Fsp3) is 0.171. The Morgan fingerprint density at radius 1 is 0.611 bits per heavy atom. The zero-order valence-corrected chi connectivity index (χ0v) is 33.2. The van der Waals surface area contributed by atoms with Crippen molar-refractivity contribution in [1.82, 2.24) is 8.61 Å². The van der Waals surface area contributed by atoms with Crippen LogP contribution >= 0.6 is 15.9 Å². The van der Waals surface area contributed by atoms with Gasteiger partial charge >= 0.3 is 0 Å². The van der Waals surface area contributed by atoms with Crippen LogP contribution in [-0.2, 0) is 29.5 Å². The lowest BCUT2D eigenvalue weighted by Gasteiger charge is -2.30. The van der Waals surface area contributed by atoms with E-state index in [4.69, 9.17) is 9.47 Å². The molecule has 0 spiro atoms. The summed E-state index contributed by atoms with van der Waals surface area (Å²) < 4.78 is 65.4. The molecular weight excluding hydrogens is 792 g/mol. The van der Waals surface area contributed by atoms with Gasteiger partial charge in [0.05, 0.1) is 23.0 Å². The molecule has 0 fully saturated rings. The molecule has 0 atom stereocenters. The van der Waals surface area contributed by atoms with Crippen LogP contribution in [0, 0.1) is 6.92 Å². The molecule has 0 aromatic heterocycles. The van der Waals surface area contributed by atoms with E-state index in [1.807, 2.05) is 49.4 Å². The first-order valence-electron chi connectivity index (χ1n) is 16.9. The summed E-state index contributed by atoms with van der Waals surface area (Å²) in [7, 11) is -4.90. The highest BCUT2D eigenvalue weighted by atomic mass is 79.9. The molecule has 0 amide bonds. The summed E-state index contributed by atoms with van der Waals surface area (Å²) in [5.41, 5.74) is 2.70. The predicted molar refractivity (Wildman–Crippen MR) is 212 cm³/mol. The molecule has 2 aliphatic rings. The van der Waals surface area contributed by atoms with Gasteiger partial charge in [0, 0.05) is 41.7 Å². The Kier molecular flexibility index (Phi) is 11.1. The number of hydrogen-bond acceptors (Lipinski definition) is 8. The number of carbonyl (C=O) groups is 2. The standard InChI is InChI=1S/C22H18BrNO4S.C19H19NO4S/c1-24-20(21(25)17-11-10-15-6-2-3-7-16(15)14-17)22(28-13-12-23)18-8-4-5-9-19(18)29(24,26)27;1-4-24-19-15-7-5-6-8-16(15)25(22,23)20(3)17(19)18(21)14-11-9-13(2)10-12-14/h2-11,14H,12-13H2,1H3;5-12H,4H2,1-3H3. The molecule has 0 bridgehead atoms. The molecule has 10 nitrogen and oxygen atoms in total. The first kappa shape index (κ1) is 38.5. The van der Waals surface area contributed by atoms with E-state index in [-0.39, 0.29) is 32.7 Å². The van der Waals surface area contributed by atoms with Crippen LogP contribution in [0.2, 0.25) is 0 Å². The van der Waals surface area contributed by atoms with Crippen LogP contribution in [0.25, 0.3) is 22.3 Å². The van der Waals surface area contributed by atoms with Gasteiger partial charge in [-0.2, -0.15) is 0 Å². The van der Waals surface area contributed by atoms with Crippen LogP contribution < -0.4 is 0 Å². The molecule has 0 radical (unpaired) electrons. The maximum atomic E-state index is 13.5. The number of benzene rings is 5. The van der Waals surface area contributed by atoms with Crippen molar-refractivity contribution < 1.29 is 35.9 Å². The largest absolute Gasteiger partial charge is 0.491 e. The average Bonchev–Trinajstić information content (AvgIpc) is 3.18. The molecule has 0 saturated carbocycles. The molecule has 2 heterocycles. The Balaban J connectivity index is 0.000000186. The number of ether oxygens (including phenoxy) is 2. The van der Waals surface area contributed by atoms with Crippen molar-refractivity contribution >= 4 is 69.8 Å². The zero-order valence-electron chi connectivity index (χ0n) is 29.9. The van der Waals surface area contributed by atoms with Gasteiger partial charge in [-0.3, -0.25) is 18.2 Å².